The summed E-state index contributed by atoms with van der Waals surface area (Å²) in [5.41, 5.74) is 3.64. The predicted octanol–water partition coefficient (Wildman–Crippen LogP) is 2.81. The lowest BCUT2D eigenvalue weighted by molar-refractivity contribution is 0.568. The van der Waals surface area contributed by atoms with Crippen molar-refractivity contribution in [2.24, 2.45) is 7.05 Å². The Morgan fingerprint density at radius 3 is 2.27 bits per heavy atom. The third kappa shape index (κ3) is 3.54. The van der Waals surface area contributed by atoms with E-state index in [1.165, 1.54) is 0 Å². The second-order valence-electron chi connectivity index (χ2n) is 6.34. The molecule has 0 aliphatic heterocycles. The highest BCUT2D eigenvalue weighted by Gasteiger charge is 2.28. The quantitative estimate of drug-likeness (QED) is 0.749. The number of rotatable bonds is 5. The van der Waals surface area contributed by atoms with E-state index in [9.17, 15) is 8.42 Å². The van der Waals surface area contributed by atoms with Gasteiger partial charge in [0.1, 0.15) is 4.90 Å². The number of aryl methyl sites for hydroxylation is 3. The Labute approximate surface area is 154 Å². The van der Waals surface area contributed by atoms with E-state index >= 15 is 0 Å². The van der Waals surface area contributed by atoms with Gasteiger partial charge in [-0.15, -0.1) is 0 Å². The number of aromatic nitrogens is 3. The molecule has 26 heavy (non-hydrogen) atoms. The van der Waals surface area contributed by atoms with Crippen LogP contribution in [0.25, 0.3) is 0 Å². The zero-order valence-electron chi connectivity index (χ0n) is 15.3. The van der Waals surface area contributed by atoms with Crippen molar-refractivity contribution in [3.8, 4) is 0 Å². The van der Waals surface area contributed by atoms with Gasteiger partial charge in [0.05, 0.1) is 23.1 Å². The third-order valence-electron chi connectivity index (χ3n) is 4.38. The van der Waals surface area contributed by atoms with Crippen LogP contribution in [0.4, 0.5) is 0 Å². The topological polar surface area (TPSA) is 76.9 Å². The summed E-state index contributed by atoms with van der Waals surface area (Å²) in [6, 6.07) is 12.6. The number of nitrogens with zero attached hydrogens (tertiary/aromatic N) is 3. The second-order valence-corrected chi connectivity index (χ2v) is 7.99. The molecule has 2 aromatic heterocycles. The van der Waals surface area contributed by atoms with Crippen molar-refractivity contribution in [3.63, 3.8) is 0 Å². The number of hydrogen-bond acceptors (Lipinski definition) is 4. The second kappa shape index (κ2) is 7.01. The molecule has 3 rings (SSSR count). The van der Waals surface area contributed by atoms with E-state index < -0.39 is 16.1 Å². The minimum atomic E-state index is -3.78. The van der Waals surface area contributed by atoms with Crippen molar-refractivity contribution in [1.82, 2.24) is 19.5 Å². The lowest BCUT2D eigenvalue weighted by atomic mass is 10.0. The first kappa shape index (κ1) is 18.3. The summed E-state index contributed by atoms with van der Waals surface area (Å²) >= 11 is 0. The Morgan fingerprint density at radius 1 is 1.04 bits per heavy atom. The summed E-state index contributed by atoms with van der Waals surface area (Å²) < 4.78 is 30.6. The van der Waals surface area contributed by atoms with Crippen LogP contribution in [0.15, 0.2) is 53.6 Å². The molecule has 1 N–H and O–H groups in total. The Bertz CT molecular complexity index is 1010. The molecule has 2 heterocycles. The fourth-order valence-corrected chi connectivity index (χ4v) is 4.60. The van der Waals surface area contributed by atoms with Crippen molar-refractivity contribution in [1.29, 1.82) is 0 Å². The molecule has 0 amide bonds. The van der Waals surface area contributed by atoms with E-state index in [2.05, 4.69) is 14.8 Å². The average molecular weight is 370 g/mol. The smallest absolute Gasteiger partial charge is 0.245 e. The first-order valence-corrected chi connectivity index (χ1v) is 9.78. The molecular weight excluding hydrogens is 348 g/mol. The van der Waals surface area contributed by atoms with Crippen LogP contribution in [-0.2, 0) is 17.1 Å². The molecule has 0 bridgehead atoms. The van der Waals surface area contributed by atoms with Crippen LogP contribution in [0.1, 0.15) is 34.3 Å². The molecule has 0 spiro atoms. The molecule has 1 atom stereocenters. The van der Waals surface area contributed by atoms with Crippen molar-refractivity contribution < 1.29 is 8.42 Å². The Balaban J connectivity index is 2.07. The minimum absolute atomic E-state index is 0.216. The zero-order chi connectivity index (χ0) is 18.9. The largest absolute Gasteiger partial charge is 0.271 e. The molecular formula is C19H22N4O2S. The monoisotopic (exact) mass is 370 g/mol. The van der Waals surface area contributed by atoms with Crippen LogP contribution in [0.3, 0.4) is 0 Å². The van der Waals surface area contributed by atoms with Crippen molar-refractivity contribution >= 4 is 10.0 Å². The predicted molar refractivity (Wildman–Crippen MR) is 100 cm³/mol. The Morgan fingerprint density at radius 2 is 1.73 bits per heavy atom. The fraction of sp³-hybridized carbons (Fsp3) is 0.263. The Kier molecular flexibility index (Phi) is 4.93. The fourth-order valence-electron chi connectivity index (χ4n) is 2.96. The Hall–Kier alpha value is -2.51. The van der Waals surface area contributed by atoms with Gasteiger partial charge in [-0.25, -0.2) is 8.42 Å². The van der Waals surface area contributed by atoms with Gasteiger partial charge >= 0.3 is 0 Å². The molecule has 0 fully saturated rings. The highest BCUT2D eigenvalue weighted by molar-refractivity contribution is 7.89. The molecule has 3 aromatic rings. The van der Waals surface area contributed by atoms with E-state index in [4.69, 9.17) is 0 Å². The summed E-state index contributed by atoms with van der Waals surface area (Å²) in [4.78, 5) is 4.57. The van der Waals surface area contributed by atoms with Crippen LogP contribution >= 0.6 is 0 Å². The molecule has 0 radical (unpaired) electrons. The summed E-state index contributed by atoms with van der Waals surface area (Å²) in [7, 11) is -2.05. The SMILES string of the molecule is Cc1ccc(C(NS(=O)(=O)c2c(C)nn(C)c2C)c2ccccn2)cc1. The zero-order valence-corrected chi connectivity index (χ0v) is 16.1. The van der Waals surface area contributed by atoms with Gasteiger partial charge in [-0.3, -0.25) is 9.67 Å². The average Bonchev–Trinajstić information content (AvgIpc) is 2.87. The van der Waals surface area contributed by atoms with E-state index in [-0.39, 0.29) is 4.90 Å². The molecule has 136 valence electrons. The van der Waals surface area contributed by atoms with Gasteiger partial charge in [0.2, 0.25) is 10.0 Å². The molecule has 0 saturated heterocycles. The van der Waals surface area contributed by atoms with Crippen LogP contribution in [0.2, 0.25) is 0 Å². The highest BCUT2D eigenvalue weighted by Crippen LogP contribution is 2.26. The third-order valence-corrected chi connectivity index (χ3v) is 6.05. The van der Waals surface area contributed by atoms with Gasteiger partial charge in [-0.05, 0) is 38.5 Å². The van der Waals surface area contributed by atoms with Crippen LogP contribution in [-0.4, -0.2) is 23.2 Å². The van der Waals surface area contributed by atoms with E-state index in [1.54, 1.807) is 37.8 Å². The maximum atomic E-state index is 13.1. The minimum Gasteiger partial charge on any atom is -0.271 e. The molecule has 0 saturated carbocycles. The van der Waals surface area contributed by atoms with Gasteiger partial charge < -0.3 is 0 Å². The number of pyridine rings is 1. The van der Waals surface area contributed by atoms with E-state index in [0.717, 1.165) is 11.1 Å². The maximum Gasteiger partial charge on any atom is 0.245 e. The number of hydrogen-bond donors (Lipinski definition) is 1. The number of benzene rings is 1. The molecule has 0 aliphatic rings. The maximum absolute atomic E-state index is 13.1. The van der Waals surface area contributed by atoms with E-state index in [0.29, 0.717) is 17.1 Å². The molecule has 0 aliphatic carbocycles. The van der Waals surface area contributed by atoms with Gasteiger partial charge in [0, 0.05) is 13.2 Å². The summed E-state index contributed by atoms with van der Waals surface area (Å²) in [6.45, 7) is 5.44. The standard InChI is InChI=1S/C19H22N4O2S/c1-13-8-10-16(11-9-13)18(17-7-5-6-12-20-17)22-26(24,25)19-14(2)21-23(4)15(19)3/h5-12,18,22H,1-4H3. The molecule has 1 unspecified atom stereocenters. The highest BCUT2D eigenvalue weighted by atomic mass is 32.2. The summed E-state index contributed by atoms with van der Waals surface area (Å²) in [5, 5.41) is 4.22. The number of sulfonamides is 1. The van der Waals surface area contributed by atoms with Crippen LogP contribution in [0, 0.1) is 20.8 Å². The first-order valence-electron chi connectivity index (χ1n) is 8.29. The van der Waals surface area contributed by atoms with Gasteiger partial charge in [-0.2, -0.15) is 9.82 Å². The molecule has 6 nitrogen and oxygen atoms in total. The molecule has 7 heteroatoms. The number of nitrogens with one attached hydrogen (secondary N) is 1. The van der Waals surface area contributed by atoms with Gasteiger partial charge in [-0.1, -0.05) is 35.9 Å². The van der Waals surface area contributed by atoms with Crippen LogP contribution < -0.4 is 4.72 Å². The lowest BCUT2D eigenvalue weighted by Crippen LogP contribution is -2.30. The van der Waals surface area contributed by atoms with Crippen molar-refractivity contribution in [3.05, 3.63) is 76.9 Å². The normalized spacial score (nSPS) is 12.9. The lowest BCUT2D eigenvalue weighted by Gasteiger charge is -2.19. The summed E-state index contributed by atoms with van der Waals surface area (Å²) in [6.07, 6.45) is 1.66. The van der Waals surface area contributed by atoms with Crippen molar-refractivity contribution in [2.45, 2.75) is 31.7 Å². The van der Waals surface area contributed by atoms with Gasteiger partial charge in [0.15, 0.2) is 0 Å². The first-order chi connectivity index (χ1) is 12.3. The van der Waals surface area contributed by atoms with E-state index in [1.807, 2.05) is 43.3 Å². The van der Waals surface area contributed by atoms with Crippen molar-refractivity contribution in [2.75, 3.05) is 0 Å². The summed E-state index contributed by atoms with van der Waals surface area (Å²) in [5.74, 6) is 0. The van der Waals surface area contributed by atoms with Crippen LogP contribution in [0.5, 0.6) is 0 Å². The van der Waals surface area contributed by atoms with Gasteiger partial charge in [0.25, 0.3) is 0 Å². The molecule has 1 aromatic carbocycles.